The maximum absolute atomic E-state index is 4.62. The first-order valence-corrected chi connectivity index (χ1v) is 5.31. The number of hydrogen-bond donors (Lipinski definition) is 1. The molecule has 14 heavy (non-hydrogen) atoms. The van der Waals surface area contributed by atoms with Gasteiger partial charge in [0.05, 0.1) is 6.54 Å². The lowest BCUT2D eigenvalue weighted by molar-refractivity contribution is 0.407. The average molecular weight is 209 g/mol. The monoisotopic (exact) mass is 209 g/mol. The molecule has 0 bridgehead atoms. The van der Waals surface area contributed by atoms with Crippen molar-refractivity contribution in [2.45, 2.75) is 13.0 Å². The number of nitrogens with zero attached hydrogens (tertiary/aromatic N) is 2. The summed E-state index contributed by atoms with van der Waals surface area (Å²) < 4.78 is 4.62. The Morgan fingerprint density at radius 3 is 3.21 bits per heavy atom. The molecule has 0 spiro atoms. The Kier molecular flexibility index (Phi) is 3.26. The van der Waals surface area contributed by atoms with E-state index in [1.54, 1.807) is 11.3 Å². The fraction of sp³-hybridized carbons (Fsp3) is 0.333. The number of rotatable bonds is 5. The number of aromatic nitrogens is 2. The molecule has 0 unspecified atom stereocenters. The molecule has 0 aliphatic heterocycles. The first-order chi connectivity index (χ1) is 6.95. The maximum atomic E-state index is 4.62. The summed E-state index contributed by atoms with van der Waals surface area (Å²) in [4.78, 5) is 5.31. The molecule has 0 aromatic carbocycles. The second-order valence-electron chi connectivity index (χ2n) is 2.85. The third-order valence-corrected chi connectivity index (χ3v) is 2.75. The molecule has 0 aliphatic carbocycles. The molecule has 0 aliphatic rings. The first-order valence-electron chi connectivity index (χ1n) is 4.43. The van der Waals surface area contributed by atoms with Gasteiger partial charge in [0.2, 0.25) is 6.39 Å². The third-order valence-electron chi connectivity index (χ3n) is 1.82. The van der Waals surface area contributed by atoms with Crippen molar-refractivity contribution >= 4 is 11.3 Å². The maximum Gasteiger partial charge on any atom is 0.213 e. The molecule has 2 aromatic heterocycles. The number of hydrogen-bond acceptors (Lipinski definition) is 5. The van der Waals surface area contributed by atoms with Crippen LogP contribution in [-0.4, -0.2) is 16.7 Å². The molecule has 5 heteroatoms. The molecule has 74 valence electrons. The highest BCUT2D eigenvalue weighted by atomic mass is 32.1. The average Bonchev–Trinajstić information content (AvgIpc) is 2.86. The summed E-state index contributed by atoms with van der Waals surface area (Å²) in [6.45, 7) is 1.61. The van der Waals surface area contributed by atoms with Gasteiger partial charge in [0.25, 0.3) is 0 Å². The Morgan fingerprint density at radius 2 is 2.50 bits per heavy atom. The van der Waals surface area contributed by atoms with E-state index in [0.29, 0.717) is 12.4 Å². The molecule has 2 heterocycles. The lowest BCUT2D eigenvalue weighted by atomic mass is 10.3. The van der Waals surface area contributed by atoms with Crippen LogP contribution in [0.1, 0.15) is 10.7 Å². The van der Waals surface area contributed by atoms with Gasteiger partial charge < -0.3 is 9.84 Å². The van der Waals surface area contributed by atoms with Gasteiger partial charge in [-0.25, -0.2) is 0 Å². The van der Waals surface area contributed by atoms with Gasteiger partial charge in [-0.1, -0.05) is 11.2 Å². The molecule has 2 aromatic rings. The summed E-state index contributed by atoms with van der Waals surface area (Å²) in [5, 5.41) is 9.04. The second kappa shape index (κ2) is 4.88. The molecule has 0 radical (unpaired) electrons. The lowest BCUT2D eigenvalue weighted by Gasteiger charge is -1.98. The van der Waals surface area contributed by atoms with Crippen molar-refractivity contribution in [3.63, 3.8) is 0 Å². The van der Waals surface area contributed by atoms with Crippen molar-refractivity contribution in [1.29, 1.82) is 0 Å². The minimum absolute atomic E-state index is 0.669. The highest BCUT2D eigenvalue weighted by Gasteiger charge is 1.97. The molecule has 0 amide bonds. The van der Waals surface area contributed by atoms with Crippen molar-refractivity contribution in [3.05, 3.63) is 34.6 Å². The van der Waals surface area contributed by atoms with Gasteiger partial charge in [0.15, 0.2) is 5.82 Å². The smallest absolute Gasteiger partial charge is 0.213 e. The van der Waals surface area contributed by atoms with Crippen LogP contribution in [0.15, 0.2) is 28.4 Å². The minimum atomic E-state index is 0.669. The standard InChI is InChI=1S/C9H11N3OS/c1-2-8(14-5-1)3-4-10-6-9-11-7-13-12-9/h1-2,5,7,10H,3-4,6H2. The molecule has 2 rings (SSSR count). The number of thiophene rings is 1. The van der Waals surface area contributed by atoms with Crippen LogP contribution in [0.3, 0.4) is 0 Å². The van der Waals surface area contributed by atoms with E-state index in [1.807, 2.05) is 0 Å². The summed E-state index contributed by atoms with van der Waals surface area (Å²) >= 11 is 1.78. The van der Waals surface area contributed by atoms with Gasteiger partial charge in [-0.2, -0.15) is 4.98 Å². The van der Waals surface area contributed by atoms with Gasteiger partial charge in [-0.05, 0) is 17.9 Å². The Balaban J connectivity index is 1.65. The van der Waals surface area contributed by atoms with E-state index in [4.69, 9.17) is 0 Å². The van der Waals surface area contributed by atoms with E-state index in [1.165, 1.54) is 11.3 Å². The van der Waals surface area contributed by atoms with Crippen LogP contribution in [0.4, 0.5) is 0 Å². The van der Waals surface area contributed by atoms with Crippen LogP contribution in [0, 0.1) is 0 Å². The molecule has 0 fully saturated rings. The van der Waals surface area contributed by atoms with Crippen LogP contribution >= 0.6 is 11.3 Å². The summed E-state index contributed by atoms with van der Waals surface area (Å²) in [5.74, 6) is 0.705. The normalized spacial score (nSPS) is 10.6. The van der Waals surface area contributed by atoms with E-state index in [-0.39, 0.29) is 0 Å². The Bertz CT molecular complexity index is 308. The van der Waals surface area contributed by atoms with Crippen molar-refractivity contribution in [3.8, 4) is 0 Å². The Hall–Kier alpha value is -1.20. The van der Waals surface area contributed by atoms with Gasteiger partial charge in [0, 0.05) is 11.4 Å². The van der Waals surface area contributed by atoms with Gasteiger partial charge in [-0.15, -0.1) is 11.3 Å². The first kappa shape index (κ1) is 9.36. The molecule has 0 saturated heterocycles. The number of nitrogens with one attached hydrogen (secondary N) is 1. The zero-order valence-electron chi connectivity index (χ0n) is 7.64. The molecule has 0 atom stereocenters. The molecule has 4 nitrogen and oxygen atoms in total. The van der Waals surface area contributed by atoms with Crippen LogP contribution in [-0.2, 0) is 13.0 Å². The minimum Gasteiger partial charge on any atom is -0.343 e. The van der Waals surface area contributed by atoms with Crippen molar-refractivity contribution in [2.24, 2.45) is 0 Å². The SMILES string of the molecule is c1csc(CCNCc2ncon2)c1. The fourth-order valence-electron chi connectivity index (χ4n) is 1.14. The van der Waals surface area contributed by atoms with E-state index in [2.05, 4.69) is 37.5 Å². The summed E-state index contributed by atoms with van der Waals surface area (Å²) in [5.41, 5.74) is 0. The zero-order chi connectivity index (χ0) is 9.64. The topological polar surface area (TPSA) is 51.0 Å². The zero-order valence-corrected chi connectivity index (χ0v) is 8.46. The van der Waals surface area contributed by atoms with E-state index < -0.39 is 0 Å². The molecular formula is C9H11N3OS. The van der Waals surface area contributed by atoms with Crippen LogP contribution in [0.25, 0.3) is 0 Å². The third kappa shape index (κ3) is 2.65. The van der Waals surface area contributed by atoms with Gasteiger partial charge >= 0.3 is 0 Å². The van der Waals surface area contributed by atoms with E-state index in [9.17, 15) is 0 Å². The summed E-state index contributed by atoms with van der Waals surface area (Å²) in [6, 6.07) is 4.21. The Morgan fingerprint density at radius 1 is 1.50 bits per heavy atom. The van der Waals surface area contributed by atoms with Gasteiger partial charge in [0.1, 0.15) is 0 Å². The van der Waals surface area contributed by atoms with Crippen LogP contribution in [0.2, 0.25) is 0 Å². The Labute approximate surface area is 86.0 Å². The highest BCUT2D eigenvalue weighted by molar-refractivity contribution is 7.09. The summed E-state index contributed by atoms with van der Waals surface area (Å²) in [6.07, 6.45) is 2.39. The van der Waals surface area contributed by atoms with Crippen molar-refractivity contribution < 1.29 is 4.52 Å². The predicted octanol–water partition coefficient (Wildman–Crippen LogP) is 1.46. The lowest BCUT2D eigenvalue weighted by Crippen LogP contribution is -2.17. The molecule has 0 saturated carbocycles. The molecule has 1 N–H and O–H groups in total. The van der Waals surface area contributed by atoms with Gasteiger partial charge in [-0.3, -0.25) is 0 Å². The van der Waals surface area contributed by atoms with Crippen LogP contribution in [0.5, 0.6) is 0 Å². The highest BCUT2D eigenvalue weighted by Crippen LogP contribution is 2.07. The van der Waals surface area contributed by atoms with Crippen LogP contribution < -0.4 is 5.32 Å². The fourth-order valence-corrected chi connectivity index (χ4v) is 1.85. The van der Waals surface area contributed by atoms with E-state index >= 15 is 0 Å². The van der Waals surface area contributed by atoms with Crippen molar-refractivity contribution in [1.82, 2.24) is 15.5 Å². The predicted molar refractivity (Wildman–Crippen MR) is 54.0 cm³/mol. The largest absolute Gasteiger partial charge is 0.343 e. The summed E-state index contributed by atoms with van der Waals surface area (Å²) in [7, 11) is 0. The van der Waals surface area contributed by atoms with Crippen molar-refractivity contribution in [2.75, 3.05) is 6.54 Å². The quantitative estimate of drug-likeness (QED) is 0.757. The second-order valence-corrected chi connectivity index (χ2v) is 3.89. The molecular weight excluding hydrogens is 198 g/mol. The van der Waals surface area contributed by atoms with E-state index in [0.717, 1.165) is 13.0 Å².